The molecule has 2 aliphatic rings. The monoisotopic (exact) mass is 411 g/mol. The van der Waals surface area contributed by atoms with E-state index in [-0.39, 0.29) is 11.8 Å². The molecule has 2 aromatic rings. The molecule has 5 nitrogen and oxygen atoms in total. The number of hydrogen-bond acceptors (Lipinski definition) is 5. The Bertz CT molecular complexity index is 840. The van der Waals surface area contributed by atoms with Crippen molar-refractivity contribution in [2.24, 2.45) is 11.8 Å². The molecule has 1 N–H and O–H groups in total. The molecule has 1 atom stereocenters. The minimum atomic E-state index is 0.0301. The van der Waals surface area contributed by atoms with Gasteiger partial charge in [-0.2, -0.15) is 16.7 Å². The van der Waals surface area contributed by atoms with E-state index in [0.717, 1.165) is 73.1 Å². The Morgan fingerprint density at radius 3 is 2.69 bits per heavy atom. The molecule has 0 aliphatic heterocycles. The lowest BCUT2D eigenvalue weighted by atomic mass is 9.99. The number of nitrogens with one attached hydrogen (secondary N) is 1. The van der Waals surface area contributed by atoms with Crippen LogP contribution >= 0.6 is 11.8 Å². The molecule has 154 valence electrons. The highest BCUT2D eigenvalue weighted by atomic mass is 32.2. The van der Waals surface area contributed by atoms with E-state index in [4.69, 9.17) is 14.7 Å². The third-order valence-electron chi connectivity index (χ3n) is 5.69. The molecule has 0 radical (unpaired) electrons. The van der Waals surface area contributed by atoms with Gasteiger partial charge in [0.15, 0.2) is 5.82 Å². The normalized spacial score (nSPS) is 18.6. The van der Waals surface area contributed by atoms with Crippen molar-refractivity contribution in [3.63, 3.8) is 0 Å². The molecule has 0 saturated heterocycles. The number of thioether (sulfide) groups is 1. The highest BCUT2D eigenvalue weighted by Gasteiger charge is 2.28. The Morgan fingerprint density at radius 1 is 1.14 bits per heavy atom. The van der Waals surface area contributed by atoms with Crippen LogP contribution in [0.25, 0.3) is 11.4 Å². The summed E-state index contributed by atoms with van der Waals surface area (Å²) in [5.74, 6) is 3.26. The summed E-state index contributed by atoms with van der Waals surface area (Å²) in [4.78, 5) is 22.3. The second kappa shape index (κ2) is 9.61. The van der Waals surface area contributed by atoms with E-state index in [0.29, 0.717) is 5.92 Å². The Morgan fingerprint density at radius 2 is 1.93 bits per heavy atom. The van der Waals surface area contributed by atoms with Crippen molar-refractivity contribution in [1.29, 1.82) is 0 Å². The van der Waals surface area contributed by atoms with Crippen molar-refractivity contribution in [1.82, 2.24) is 15.3 Å². The van der Waals surface area contributed by atoms with Crippen molar-refractivity contribution in [3.8, 4) is 17.3 Å². The maximum atomic E-state index is 12.6. The number of carbonyl (C=O) groups is 1. The molecule has 1 aromatic carbocycles. The zero-order chi connectivity index (χ0) is 20.1. The van der Waals surface area contributed by atoms with Gasteiger partial charge in [0, 0.05) is 29.3 Å². The van der Waals surface area contributed by atoms with Gasteiger partial charge in [-0.25, -0.2) is 4.98 Å². The van der Waals surface area contributed by atoms with Crippen LogP contribution < -0.4 is 10.1 Å². The first-order valence-corrected chi connectivity index (χ1v) is 12.0. The molecule has 1 amide bonds. The van der Waals surface area contributed by atoms with Crippen LogP contribution in [0, 0.1) is 11.8 Å². The average Bonchev–Trinajstić information content (AvgIpc) is 3.59. The van der Waals surface area contributed by atoms with Crippen LogP contribution in [-0.2, 0) is 17.6 Å². The number of amides is 1. The van der Waals surface area contributed by atoms with Gasteiger partial charge < -0.3 is 10.1 Å². The number of carbonyl (C=O) groups excluding carboxylic acids is 1. The number of fused-ring (bicyclic) bond motifs is 1. The largest absolute Gasteiger partial charge is 0.477 e. The van der Waals surface area contributed by atoms with E-state index in [9.17, 15) is 4.79 Å². The quantitative estimate of drug-likeness (QED) is 0.527. The minimum absolute atomic E-state index is 0.0301. The average molecular weight is 412 g/mol. The minimum Gasteiger partial charge on any atom is -0.477 e. The molecule has 1 aromatic heterocycles. The molecule has 2 aliphatic carbocycles. The predicted molar refractivity (Wildman–Crippen MR) is 117 cm³/mol. The van der Waals surface area contributed by atoms with Crippen LogP contribution in [0.3, 0.4) is 0 Å². The Hall–Kier alpha value is -2.08. The van der Waals surface area contributed by atoms with Gasteiger partial charge in [0.1, 0.15) is 0 Å². The zero-order valence-electron chi connectivity index (χ0n) is 17.0. The maximum absolute atomic E-state index is 12.6. The third kappa shape index (κ3) is 5.30. The van der Waals surface area contributed by atoms with Crippen LogP contribution in [0.15, 0.2) is 30.3 Å². The summed E-state index contributed by atoms with van der Waals surface area (Å²) in [6.45, 7) is 1.47. The Kier molecular flexibility index (Phi) is 6.70. The summed E-state index contributed by atoms with van der Waals surface area (Å²) in [5, 5.41) is 3.08. The van der Waals surface area contributed by atoms with Crippen LogP contribution in [0.5, 0.6) is 5.88 Å². The summed E-state index contributed by atoms with van der Waals surface area (Å²) >= 11 is 1.75. The second-order valence-corrected chi connectivity index (χ2v) is 8.94. The van der Waals surface area contributed by atoms with Gasteiger partial charge in [0.05, 0.1) is 12.3 Å². The van der Waals surface area contributed by atoms with Gasteiger partial charge >= 0.3 is 0 Å². The first-order chi connectivity index (χ1) is 14.2. The number of nitrogens with zero attached hydrogens (tertiary/aromatic N) is 2. The molecule has 1 saturated carbocycles. The molecule has 6 heteroatoms. The fraction of sp³-hybridized carbons (Fsp3) is 0.522. The van der Waals surface area contributed by atoms with Crippen molar-refractivity contribution < 1.29 is 9.53 Å². The number of benzene rings is 1. The number of aromatic nitrogens is 2. The SMILES string of the molecule is CSCCNC(=O)C1CCc2nc(-c3ccccc3)nc(OCC3CC3)c2CC1. The molecule has 29 heavy (non-hydrogen) atoms. The van der Waals surface area contributed by atoms with Gasteiger partial charge in [0.2, 0.25) is 11.8 Å². The Balaban J connectivity index is 1.55. The topological polar surface area (TPSA) is 64.1 Å². The number of rotatable bonds is 8. The first-order valence-electron chi connectivity index (χ1n) is 10.6. The standard InChI is InChI=1S/C23H29N3O2S/c1-29-14-13-24-22(27)18-9-11-19-20(12-10-18)25-21(17-5-3-2-4-6-17)26-23(19)28-15-16-7-8-16/h2-6,16,18H,7-15H2,1H3,(H,24,27). The van der Waals surface area contributed by atoms with E-state index in [2.05, 4.69) is 11.6 Å². The van der Waals surface area contributed by atoms with Crippen molar-refractivity contribution in [2.75, 3.05) is 25.2 Å². The van der Waals surface area contributed by atoms with E-state index >= 15 is 0 Å². The third-order valence-corrected chi connectivity index (χ3v) is 6.30. The van der Waals surface area contributed by atoms with Gasteiger partial charge in [-0.3, -0.25) is 4.79 Å². The molecule has 1 heterocycles. The Labute approximate surface area is 177 Å². The number of aryl methyl sites for hydroxylation is 1. The van der Waals surface area contributed by atoms with Crippen LogP contribution in [-0.4, -0.2) is 41.0 Å². The van der Waals surface area contributed by atoms with Gasteiger partial charge in [-0.15, -0.1) is 0 Å². The van der Waals surface area contributed by atoms with E-state index < -0.39 is 0 Å². The lowest BCUT2D eigenvalue weighted by Gasteiger charge is -2.14. The van der Waals surface area contributed by atoms with Crippen LogP contribution in [0.2, 0.25) is 0 Å². The molecule has 1 unspecified atom stereocenters. The summed E-state index contributed by atoms with van der Waals surface area (Å²) < 4.78 is 6.17. The summed E-state index contributed by atoms with van der Waals surface area (Å²) in [6.07, 6.45) is 7.79. The highest BCUT2D eigenvalue weighted by molar-refractivity contribution is 7.98. The van der Waals surface area contributed by atoms with E-state index in [1.807, 2.05) is 30.3 Å². The lowest BCUT2D eigenvalue weighted by Crippen LogP contribution is -2.32. The van der Waals surface area contributed by atoms with Gasteiger partial charge in [-0.05, 0) is 50.7 Å². The summed E-state index contributed by atoms with van der Waals surface area (Å²) in [7, 11) is 0. The zero-order valence-corrected chi connectivity index (χ0v) is 17.8. The van der Waals surface area contributed by atoms with Gasteiger partial charge in [-0.1, -0.05) is 30.3 Å². The second-order valence-electron chi connectivity index (χ2n) is 7.96. The number of hydrogen-bond donors (Lipinski definition) is 1. The van der Waals surface area contributed by atoms with Crippen molar-refractivity contribution in [3.05, 3.63) is 41.6 Å². The molecule has 4 rings (SSSR count). The predicted octanol–water partition coefficient (Wildman–Crippen LogP) is 3.91. The fourth-order valence-electron chi connectivity index (χ4n) is 3.74. The smallest absolute Gasteiger partial charge is 0.223 e. The fourth-order valence-corrected chi connectivity index (χ4v) is 4.05. The molecular formula is C23H29N3O2S. The lowest BCUT2D eigenvalue weighted by molar-refractivity contribution is -0.125. The summed E-state index contributed by atoms with van der Waals surface area (Å²) in [6, 6.07) is 10.1. The molecular weight excluding hydrogens is 382 g/mol. The van der Waals surface area contributed by atoms with Crippen LogP contribution in [0.4, 0.5) is 0 Å². The highest BCUT2D eigenvalue weighted by Crippen LogP contribution is 2.34. The molecule has 0 spiro atoms. The molecule has 1 fully saturated rings. The first kappa shape index (κ1) is 20.2. The maximum Gasteiger partial charge on any atom is 0.223 e. The van der Waals surface area contributed by atoms with E-state index in [1.54, 1.807) is 11.8 Å². The molecule has 0 bridgehead atoms. The van der Waals surface area contributed by atoms with Crippen molar-refractivity contribution in [2.45, 2.75) is 38.5 Å². The van der Waals surface area contributed by atoms with E-state index in [1.165, 1.54) is 12.8 Å². The number of ether oxygens (including phenoxy) is 1. The van der Waals surface area contributed by atoms with Gasteiger partial charge in [0.25, 0.3) is 0 Å². The van der Waals surface area contributed by atoms with Crippen molar-refractivity contribution >= 4 is 17.7 Å². The summed E-state index contributed by atoms with van der Waals surface area (Å²) in [5.41, 5.74) is 3.15. The van der Waals surface area contributed by atoms with Crippen LogP contribution in [0.1, 0.15) is 36.9 Å².